The van der Waals surface area contributed by atoms with Crippen molar-refractivity contribution in [1.82, 2.24) is 4.90 Å². The standard InChI is InChI=1S/C15H25NO3/c1-2-3-4-5-6-7-8-9-16-14(17)12-10-19-11-13(12)15(16)18/h12-13H,2-11H2,1H3/t12-,13+. The highest BCUT2D eigenvalue weighted by Crippen LogP contribution is 2.31. The molecule has 4 nitrogen and oxygen atoms in total. The van der Waals surface area contributed by atoms with Crippen molar-refractivity contribution in [3.63, 3.8) is 0 Å². The number of amides is 2. The van der Waals surface area contributed by atoms with Crippen LogP contribution in [0.4, 0.5) is 0 Å². The van der Waals surface area contributed by atoms with Crippen LogP contribution in [-0.4, -0.2) is 36.5 Å². The zero-order valence-electron chi connectivity index (χ0n) is 11.9. The Morgan fingerprint density at radius 2 is 1.47 bits per heavy atom. The van der Waals surface area contributed by atoms with Gasteiger partial charge in [0.1, 0.15) is 0 Å². The Morgan fingerprint density at radius 3 is 2.05 bits per heavy atom. The van der Waals surface area contributed by atoms with E-state index in [1.807, 2.05) is 0 Å². The Kier molecular flexibility index (Phi) is 5.37. The molecule has 2 amide bonds. The van der Waals surface area contributed by atoms with Crippen LogP contribution in [0.15, 0.2) is 0 Å². The predicted molar refractivity (Wildman–Crippen MR) is 72.5 cm³/mol. The van der Waals surface area contributed by atoms with Crippen LogP contribution >= 0.6 is 0 Å². The number of carbonyl (C=O) groups excluding carboxylic acids is 2. The first kappa shape index (κ1) is 14.5. The van der Waals surface area contributed by atoms with Gasteiger partial charge < -0.3 is 4.74 Å². The van der Waals surface area contributed by atoms with Gasteiger partial charge in [-0.3, -0.25) is 14.5 Å². The maximum Gasteiger partial charge on any atom is 0.235 e. The Balaban J connectivity index is 1.64. The van der Waals surface area contributed by atoms with Crippen LogP contribution in [0.5, 0.6) is 0 Å². The van der Waals surface area contributed by atoms with Crippen LogP contribution in [0.1, 0.15) is 51.9 Å². The van der Waals surface area contributed by atoms with Crippen molar-refractivity contribution < 1.29 is 14.3 Å². The molecule has 0 N–H and O–H groups in total. The minimum atomic E-state index is -0.183. The fourth-order valence-corrected chi connectivity index (χ4v) is 3.00. The van der Waals surface area contributed by atoms with Gasteiger partial charge in [-0.2, -0.15) is 0 Å². The highest BCUT2D eigenvalue weighted by Gasteiger charge is 2.50. The molecule has 0 saturated carbocycles. The molecule has 2 aliphatic heterocycles. The molecule has 2 rings (SSSR count). The molecule has 0 aliphatic carbocycles. The van der Waals surface area contributed by atoms with Crippen molar-refractivity contribution in [2.24, 2.45) is 11.8 Å². The van der Waals surface area contributed by atoms with Crippen molar-refractivity contribution in [3.8, 4) is 0 Å². The van der Waals surface area contributed by atoms with E-state index < -0.39 is 0 Å². The van der Waals surface area contributed by atoms with E-state index in [2.05, 4.69) is 6.92 Å². The summed E-state index contributed by atoms with van der Waals surface area (Å²) in [5.74, 6) is -0.369. The number of hydrogen-bond acceptors (Lipinski definition) is 3. The first-order chi connectivity index (χ1) is 9.25. The minimum Gasteiger partial charge on any atom is -0.380 e. The van der Waals surface area contributed by atoms with Crippen LogP contribution in [0, 0.1) is 11.8 Å². The second-order valence-corrected chi connectivity index (χ2v) is 5.70. The Bertz CT molecular complexity index is 307. The normalized spacial score (nSPS) is 26.3. The van der Waals surface area contributed by atoms with Gasteiger partial charge in [-0.25, -0.2) is 0 Å². The summed E-state index contributed by atoms with van der Waals surface area (Å²) in [5, 5.41) is 0. The summed E-state index contributed by atoms with van der Waals surface area (Å²) in [6.45, 7) is 3.69. The lowest BCUT2D eigenvalue weighted by atomic mass is 10.00. The number of likely N-dealkylation sites (tertiary alicyclic amines) is 1. The zero-order valence-corrected chi connectivity index (χ0v) is 11.9. The highest BCUT2D eigenvalue weighted by atomic mass is 16.5. The van der Waals surface area contributed by atoms with Gasteiger partial charge in [-0.1, -0.05) is 45.4 Å². The molecule has 108 valence electrons. The number of hydrogen-bond donors (Lipinski definition) is 0. The first-order valence-electron chi connectivity index (χ1n) is 7.68. The Morgan fingerprint density at radius 1 is 0.947 bits per heavy atom. The molecule has 2 aliphatic rings. The number of unbranched alkanes of at least 4 members (excludes halogenated alkanes) is 6. The van der Waals surface area contributed by atoms with E-state index in [4.69, 9.17) is 4.74 Å². The molecule has 19 heavy (non-hydrogen) atoms. The Hall–Kier alpha value is -0.900. The van der Waals surface area contributed by atoms with E-state index in [-0.39, 0.29) is 23.7 Å². The average Bonchev–Trinajstić information content (AvgIpc) is 2.96. The number of ether oxygens (including phenoxy) is 1. The molecule has 2 atom stereocenters. The molecular weight excluding hydrogens is 242 g/mol. The molecule has 2 saturated heterocycles. The van der Waals surface area contributed by atoms with Crippen molar-refractivity contribution in [2.75, 3.05) is 19.8 Å². The van der Waals surface area contributed by atoms with Gasteiger partial charge in [-0.15, -0.1) is 0 Å². The van der Waals surface area contributed by atoms with E-state index in [0.29, 0.717) is 19.8 Å². The van der Waals surface area contributed by atoms with Gasteiger partial charge in [0.05, 0.1) is 25.0 Å². The van der Waals surface area contributed by atoms with Crippen LogP contribution in [-0.2, 0) is 14.3 Å². The number of nitrogens with zero attached hydrogens (tertiary/aromatic N) is 1. The molecule has 0 aromatic rings. The fourth-order valence-electron chi connectivity index (χ4n) is 3.00. The van der Waals surface area contributed by atoms with Crippen molar-refractivity contribution >= 4 is 11.8 Å². The summed E-state index contributed by atoms with van der Waals surface area (Å²) in [4.78, 5) is 25.5. The molecule has 0 aromatic carbocycles. The van der Waals surface area contributed by atoms with Crippen LogP contribution in [0.3, 0.4) is 0 Å². The lowest BCUT2D eigenvalue weighted by Crippen LogP contribution is -2.33. The van der Waals surface area contributed by atoms with Gasteiger partial charge in [0.25, 0.3) is 0 Å². The van der Waals surface area contributed by atoms with E-state index in [1.54, 1.807) is 0 Å². The molecule has 0 spiro atoms. The van der Waals surface area contributed by atoms with E-state index in [9.17, 15) is 9.59 Å². The Labute approximate surface area is 115 Å². The van der Waals surface area contributed by atoms with Gasteiger partial charge >= 0.3 is 0 Å². The number of fused-ring (bicyclic) bond motifs is 1. The van der Waals surface area contributed by atoms with E-state index >= 15 is 0 Å². The van der Waals surface area contributed by atoms with Gasteiger partial charge in [-0.05, 0) is 6.42 Å². The maximum absolute atomic E-state index is 12.0. The number of imide groups is 1. The summed E-state index contributed by atoms with van der Waals surface area (Å²) >= 11 is 0. The molecule has 0 unspecified atom stereocenters. The largest absolute Gasteiger partial charge is 0.380 e. The van der Waals surface area contributed by atoms with Crippen LogP contribution < -0.4 is 0 Å². The number of rotatable bonds is 8. The van der Waals surface area contributed by atoms with Gasteiger partial charge in [0.2, 0.25) is 11.8 Å². The molecule has 0 radical (unpaired) electrons. The average molecular weight is 267 g/mol. The second kappa shape index (κ2) is 7.04. The van der Waals surface area contributed by atoms with E-state index in [1.165, 1.54) is 37.0 Å². The summed E-state index contributed by atoms with van der Waals surface area (Å²) in [6, 6.07) is 0. The topological polar surface area (TPSA) is 46.6 Å². The summed E-state index contributed by atoms with van der Waals surface area (Å²) in [5.41, 5.74) is 0. The third-order valence-electron chi connectivity index (χ3n) is 4.23. The number of carbonyl (C=O) groups is 2. The maximum atomic E-state index is 12.0. The predicted octanol–water partition coefficient (Wildman–Crippen LogP) is 2.37. The lowest BCUT2D eigenvalue weighted by Gasteiger charge is -2.15. The quantitative estimate of drug-likeness (QED) is 0.501. The molecule has 2 heterocycles. The third kappa shape index (κ3) is 3.35. The van der Waals surface area contributed by atoms with Crippen molar-refractivity contribution in [3.05, 3.63) is 0 Å². The van der Waals surface area contributed by atoms with Crippen LogP contribution in [0.2, 0.25) is 0 Å². The van der Waals surface area contributed by atoms with Crippen molar-refractivity contribution in [1.29, 1.82) is 0 Å². The summed E-state index contributed by atoms with van der Waals surface area (Å²) in [6.07, 6.45) is 8.44. The summed E-state index contributed by atoms with van der Waals surface area (Å²) < 4.78 is 5.21. The van der Waals surface area contributed by atoms with Gasteiger partial charge in [0, 0.05) is 6.54 Å². The van der Waals surface area contributed by atoms with Crippen molar-refractivity contribution in [2.45, 2.75) is 51.9 Å². The van der Waals surface area contributed by atoms with Crippen LogP contribution in [0.25, 0.3) is 0 Å². The zero-order chi connectivity index (χ0) is 13.7. The lowest BCUT2D eigenvalue weighted by molar-refractivity contribution is -0.141. The first-order valence-corrected chi connectivity index (χ1v) is 7.68. The molecule has 0 bridgehead atoms. The molecule has 0 aromatic heterocycles. The molecular formula is C15H25NO3. The summed E-state index contributed by atoms with van der Waals surface area (Å²) in [7, 11) is 0. The van der Waals surface area contributed by atoms with Gasteiger partial charge in [0.15, 0.2) is 0 Å². The minimum absolute atomic E-state index is 0.00140. The SMILES string of the molecule is CCCCCCCCCN1C(=O)[C@H]2COC[C@H]2C1=O. The smallest absolute Gasteiger partial charge is 0.235 e. The fraction of sp³-hybridized carbons (Fsp3) is 0.867. The monoisotopic (exact) mass is 267 g/mol. The molecule has 2 fully saturated rings. The molecule has 4 heteroatoms. The highest BCUT2D eigenvalue weighted by molar-refractivity contribution is 6.05. The van der Waals surface area contributed by atoms with E-state index in [0.717, 1.165) is 12.8 Å². The third-order valence-corrected chi connectivity index (χ3v) is 4.23. The second-order valence-electron chi connectivity index (χ2n) is 5.70.